The van der Waals surface area contributed by atoms with Crippen LogP contribution in [0.15, 0.2) is 30.5 Å². The van der Waals surface area contributed by atoms with Crippen LogP contribution >= 0.6 is 0 Å². The molecule has 2 aromatic heterocycles. The van der Waals surface area contributed by atoms with E-state index in [-0.39, 0.29) is 11.8 Å². The Morgan fingerprint density at radius 3 is 2.96 bits per heavy atom. The van der Waals surface area contributed by atoms with Gasteiger partial charge >= 0.3 is 0 Å². The van der Waals surface area contributed by atoms with Gasteiger partial charge in [-0.15, -0.1) is 0 Å². The average molecular weight is 323 g/mol. The molecular formula is C18H21N5O. The lowest BCUT2D eigenvalue weighted by molar-refractivity contribution is -0.122. The maximum atomic E-state index is 11.4. The molecule has 0 saturated carbocycles. The zero-order valence-electron chi connectivity index (χ0n) is 14.0. The molecule has 6 heteroatoms. The van der Waals surface area contributed by atoms with Gasteiger partial charge in [-0.25, -0.2) is 9.67 Å². The zero-order valence-corrected chi connectivity index (χ0v) is 14.0. The minimum absolute atomic E-state index is 0.128. The standard InChI is InChI=1S/C18H21N5O/c1-3-23-18(12-7-8-16(24)19-11-12)20-17(21-23)14-5-4-6-15-13(14)9-10-22(15)2/h4-6,9-10,12H,3,7-8,11H2,1-2H3,(H,19,24). The lowest BCUT2D eigenvalue weighted by Gasteiger charge is -2.21. The number of piperidine rings is 1. The Hall–Kier alpha value is -2.63. The number of nitrogens with zero attached hydrogens (tertiary/aromatic N) is 4. The molecular weight excluding hydrogens is 302 g/mol. The summed E-state index contributed by atoms with van der Waals surface area (Å²) in [5.41, 5.74) is 2.23. The number of carbonyl (C=O) groups excluding carboxylic acids is 1. The number of amides is 1. The third-order valence-corrected chi connectivity index (χ3v) is 4.80. The van der Waals surface area contributed by atoms with Crippen LogP contribution in [0.4, 0.5) is 0 Å². The van der Waals surface area contributed by atoms with Crippen LogP contribution in [0.25, 0.3) is 22.3 Å². The van der Waals surface area contributed by atoms with E-state index in [1.807, 2.05) is 17.8 Å². The van der Waals surface area contributed by atoms with Crippen molar-refractivity contribution in [2.45, 2.75) is 32.2 Å². The van der Waals surface area contributed by atoms with E-state index in [1.165, 1.54) is 5.52 Å². The summed E-state index contributed by atoms with van der Waals surface area (Å²) >= 11 is 0. The molecule has 0 bridgehead atoms. The van der Waals surface area contributed by atoms with Gasteiger partial charge in [-0.3, -0.25) is 4.79 Å². The van der Waals surface area contributed by atoms with Crippen LogP contribution in [0, 0.1) is 0 Å². The summed E-state index contributed by atoms with van der Waals surface area (Å²) < 4.78 is 4.08. The highest BCUT2D eigenvalue weighted by Gasteiger charge is 2.25. The van der Waals surface area contributed by atoms with E-state index >= 15 is 0 Å². The maximum Gasteiger partial charge on any atom is 0.220 e. The summed E-state index contributed by atoms with van der Waals surface area (Å²) in [6.45, 7) is 3.50. The van der Waals surface area contributed by atoms with E-state index < -0.39 is 0 Å². The molecule has 4 rings (SSSR count). The molecule has 1 aromatic carbocycles. The number of aryl methyl sites for hydroxylation is 2. The van der Waals surface area contributed by atoms with Gasteiger partial charge in [0.2, 0.25) is 5.91 Å². The molecule has 0 spiro atoms. The number of nitrogens with one attached hydrogen (secondary N) is 1. The molecule has 1 amide bonds. The van der Waals surface area contributed by atoms with Crippen LogP contribution in [0.2, 0.25) is 0 Å². The second-order valence-electron chi connectivity index (χ2n) is 6.31. The van der Waals surface area contributed by atoms with Crippen molar-refractivity contribution in [2.75, 3.05) is 6.54 Å². The fourth-order valence-electron chi connectivity index (χ4n) is 3.45. The molecule has 1 unspecified atom stereocenters. The van der Waals surface area contributed by atoms with Crippen molar-refractivity contribution >= 4 is 16.8 Å². The summed E-state index contributed by atoms with van der Waals surface area (Å²) in [5.74, 6) is 2.10. The normalized spacial score (nSPS) is 18.1. The monoisotopic (exact) mass is 323 g/mol. The van der Waals surface area contributed by atoms with Crippen LogP contribution in [0.5, 0.6) is 0 Å². The van der Waals surface area contributed by atoms with Gasteiger partial charge in [-0.05, 0) is 25.5 Å². The topological polar surface area (TPSA) is 64.7 Å². The Morgan fingerprint density at radius 2 is 2.21 bits per heavy atom. The highest BCUT2D eigenvalue weighted by atomic mass is 16.1. The molecule has 0 radical (unpaired) electrons. The number of hydrogen-bond donors (Lipinski definition) is 1. The quantitative estimate of drug-likeness (QED) is 0.805. The van der Waals surface area contributed by atoms with Crippen LogP contribution in [0.3, 0.4) is 0 Å². The number of carbonyl (C=O) groups is 1. The molecule has 24 heavy (non-hydrogen) atoms. The molecule has 1 atom stereocenters. The Morgan fingerprint density at radius 1 is 1.33 bits per heavy atom. The minimum atomic E-state index is 0.128. The first kappa shape index (κ1) is 14.9. The van der Waals surface area contributed by atoms with E-state index in [2.05, 4.69) is 41.2 Å². The molecule has 3 heterocycles. The van der Waals surface area contributed by atoms with E-state index in [1.54, 1.807) is 0 Å². The van der Waals surface area contributed by atoms with Crippen molar-refractivity contribution in [3.63, 3.8) is 0 Å². The van der Waals surface area contributed by atoms with Crippen molar-refractivity contribution in [1.82, 2.24) is 24.6 Å². The summed E-state index contributed by atoms with van der Waals surface area (Å²) in [6, 6.07) is 8.33. The number of rotatable bonds is 3. The van der Waals surface area contributed by atoms with E-state index in [0.717, 1.165) is 35.6 Å². The van der Waals surface area contributed by atoms with Gasteiger partial charge < -0.3 is 9.88 Å². The number of hydrogen-bond acceptors (Lipinski definition) is 3. The second-order valence-corrected chi connectivity index (χ2v) is 6.31. The first-order valence-corrected chi connectivity index (χ1v) is 8.43. The molecule has 1 fully saturated rings. The van der Waals surface area contributed by atoms with Gasteiger partial charge in [0.15, 0.2) is 5.82 Å². The largest absolute Gasteiger partial charge is 0.355 e. The van der Waals surface area contributed by atoms with Gasteiger partial charge in [0.1, 0.15) is 5.82 Å². The Bertz CT molecular complexity index is 897. The SMILES string of the molecule is CCn1nc(-c2cccc3c2ccn3C)nc1C1CCC(=O)NC1. The molecule has 6 nitrogen and oxygen atoms in total. The Labute approximate surface area is 140 Å². The Kier molecular flexibility index (Phi) is 3.59. The summed E-state index contributed by atoms with van der Waals surface area (Å²) in [4.78, 5) is 16.3. The molecule has 124 valence electrons. The zero-order chi connectivity index (χ0) is 16.7. The number of fused-ring (bicyclic) bond motifs is 1. The highest BCUT2D eigenvalue weighted by molar-refractivity contribution is 5.93. The van der Waals surface area contributed by atoms with Crippen molar-refractivity contribution in [3.8, 4) is 11.4 Å². The second kappa shape index (κ2) is 5.78. The number of benzene rings is 1. The summed E-state index contributed by atoms with van der Waals surface area (Å²) in [7, 11) is 2.04. The fraction of sp³-hybridized carbons (Fsp3) is 0.389. The molecule has 1 saturated heterocycles. The van der Waals surface area contributed by atoms with Gasteiger partial charge in [0.05, 0.1) is 0 Å². The Balaban J connectivity index is 1.77. The van der Waals surface area contributed by atoms with Gasteiger partial charge in [-0.2, -0.15) is 5.10 Å². The molecule has 1 aliphatic heterocycles. The van der Waals surface area contributed by atoms with E-state index in [4.69, 9.17) is 10.1 Å². The predicted molar refractivity (Wildman–Crippen MR) is 92.6 cm³/mol. The molecule has 1 N–H and O–H groups in total. The van der Waals surface area contributed by atoms with Gasteiger partial charge in [0.25, 0.3) is 0 Å². The lowest BCUT2D eigenvalue weighted by atomic mass is 9.98. The maximum absolute atomic E-state index is 11.4. The van der Waals surface area contributed by atoms with Crippen molar-refractivity contribution in [1.29, 1.82) is 0 Å². The smallest absolute Gasteiger partial charge is 0.220 e. The summed E-state index contributed by atoms with van der Waals surface area (Å²) in [6.07, 6.45) is 3.45. The highest BCUT2D eigenvalue weighted by Crippen LogP contribution is 2.29. The predicted octanol–water partition coefficient (Wildman–Crippen LogP) is 2.45. The molecule has 1 aliphatic rings. The fourth-order valence-corrected chi connectivity index (χ4v) is 3.45. The van der Waals surface area contributed by atoms with Gasteiger partial charge in [0, 0.05) is 55.1 Å². The molecule has 0 aliphatic carbocycles. The first-order valence-electron chi connectivity index (χ1n) is 8.43. The summed E-state index contributed by atoms with van der Waals surface area (Å²) in [5, 5.41) is 8.84. The van der Waals surface area contributed by atoms with Crippen molar-refractivity contribution < 1.29 is 4.79 Å². The van der Waals surface area contributed by atoms with Crippen molar-refractivity contribution in [2.24, 2.45) is 7.05 Å². The van der Waals surface area contributed by atoms with Crippen LogP contribution < -0.4 is 5.32 Å². The van der Waals surface area contributed by atoms with Gasteiger partial charge in [-0.1, -0.05) is 12.1 Å². The van der Waals surface area contributed by atoms with Crippen LogP contribution in [-0.4, -0.2) is 31.8 Å². The van der Waals surface area contributed by atoms with Crippen LogP contribution in [-0.2, 0) is 18.4 Å². The minimum Gasteiger partial charge on any atom is -0.355 e. The first-order chi connectivity index (χ1) is 11.7. The lowest BCUT2D eigenvalue weighted by Crippen LogP contribution is -2.34. The van der Waals surface area contributed by atoms with E-state index in [0.29, 0.717) is 13.0 Å². The van der Waals surface area contributed by atoms with Crippen molar-refractivity contribution in [3.05, 3.63) is 36.3 Å². The third-order valence-electron chi connectivity index (χ3n) is 4.80. The number of aromatic nitrogens is 4. The third kappa shape index (κ3) is 2.38. The average Bonchev–Trinajstić information content (AvgIpc) is 3.20. The van der Waals surface area contributed by atoms with E-state index in [9.17, 15) is 4.79 Å². The molecule has 3 aromatic rings. The van der Waals surface area contributed by atoms with Crippen LogP contribution in [0.1, 0.15) is 31.5 Å².